The van der Waals surface area contributed by atoms with Gasteiger partial charge in [0, 0.05) is 11.2 Å². The van der Waals surface area contributed by atoms with Crippen molar-refractivity contribution in [3.05, 3.63) is 52.7 Å². The van der Waals surface area contributed by atoms with Crippen LogP contribution in [-0.2, 0) is 4.79 Å². The molecule has 110 valence electrons. The third-order valence-corrected chi connectivity index (χ3v) is 3.40. The van der Waals surface area contributed by atoms with Gasteiger partial charge in [-0.05, 0) is 62.2 Å². The molecule has 1 amide bonds. The van der Waals surface area contributed by atoms with Crippen LogP contribution in [0.5, 0.6) is 5.75 Å². The highest BCUT2D eigenvalue weighted by molar-refractivity contribution is 6.31. The molecule has 0 bridgehead atoms. The number of benzene rings is 1. The van der Waals surface area contributed by atoms with E-state index in [2.05, 4.69) is 10.3 Å². The van der Waals surface area contributed by atoms with Crippen LogP contribution in [0.25, 0.3) is 0 Å². The van der Waals surface area contributed by atoms with E-state index in [1.54, 1.807) is 37.4 Å². The monoisotopic (exact) mass is 304 g/mol. The molecule has 2 aromatic rings. The van der Waals surface area contributed by atoms with Crippen molar-refractivity contribution in [3.8, 4) is 5.75 Å². The fourth-order valence-electron chi connectivity index (χ4n) is 1.78. The van der Waals surface area contributed by atoms with Gasteiger partial charge in [-0.3, -0.25) is 4.79 Å². The first-order chi connectivity index (χ1) is 9.95. The van der Waals surface area contributed by atoms with Gasteiger partial charge >= 0.3 is 0 Å². The number of pyridine rings is 1. The molecular formula is C16H17ClN2O2. The summed E-state index contributed by atoms with van der Waals surface area (Å²) in [6, 6.07) is 8.96. The summed E-state index contributed by atoms with van der Waals surface area (Å²) in [4.78, 5) is 16.2. The minimum Gasteiger partial charge on any atom is -0.481 e. The number of nitrogens with one attached hydrogen (secondary N) is 1. The summed E-state index contributed by atoms with van der Waals surface area (Å²) in [6.07, 6.45) is 1.02. The Labute approximate surface area is 129 Å². The minimum absolute atomic E-state index is 0.249. The van der Waals surface area contributed by atoms with Crippen molar-refractivity contribution in [1.82, 2.24) is 4.98 Å². The van der Waals surface area contributed by atoms with Gasteiger partial charge in [0.05, 0.1) is 0 Å². The molecule has 4 nitrogen and oxygen atoms in total. The molecule has 0 aliphatic heterocycles. The maximum atomic E-state index is 12.1. The first-order valence-corrected chi connectivity index (χ1v) is 7.00. The molecule has 1 atom stereocenters. The maximum absolute atomic E-state index is 12.1. The third kappa shape index (κ3) is 4.20. The van der Waals surface area contributed by atoms with Crippen LogP contribution in [0.3, 0.4) is 0 Å². The molecule has 0 aliphatic rings. The van der Waals surface area contributed by atoms with Crippen molar-refractivity contribution in [2.75, 3.05) is 5.32 Å². The van der Waals surface area contributed by atoms with Gasteiger partial charge in [-0.1, -0.05) is 11.6 Å². The lowest BCUT2D eigenvalue weighted by Crippen LogP contribution is -2.30. The predicted octanol–water partition coefficient (Wildman–Crippen LogP) is 3.76. The summed E-state index contributed by atoms with van der Waals surface area (Å²) >= 11 is 5.96. The second-order valence-corrected chi connectivity index (χ2v) is 5.29. The maximum Gasteiger partial charge on any atom is 0.266 e. The number of aromatic nitrogens is 1. The van der Waals surface area contributed by atoms with Gasteiger partial charge in [0.25, 0.3) is 5.91 Å². The van der Waals surface area contributed by atoms with Crippen molar-refractivity contribution in [3.63, 3.8) is 0 Å². The summed E-state index contributed by atoms with van der Waals surface area (Å²) in [5.41, 5.74) is 1.93. The Morgan fingerprint density at radius 1 is 1.29 bits per heavy atom. The molecule has 0 unspecified atom stereocenters. The van der Waals surface area contributed by atoms with Gasteiger partial charge in [-0.15, -0.1) is 0 Å². The van der Waals surface area contributed by atoms with Crippen LogP contribution < -0.4 is 10.1 Å². The van der Waals surface area contributed by atoms with E-state index in [1.165, 1.54) is 0 Å². The molecule has 1 aromatic heterocycles. The molecule has 0 spiro atoms. The Bertz CT molecular complexity index is 658. The summed E-state index contributed by atoms with van der Waals surface area (Å²) in [7, 11) is 0. The van der Waals surface area contributed by atoms with Crippen LogP contribution in [0.1, 0.15) is 18.1 Å². The van der Waals surface area contributed by atoms with E-state index in [0.717, 1.165) is 11.1 Å². The van der Waals surface area contributed by atoms with Gasteiger partial charge in [0.15, 0.2) is 6.10 Å². The zero-order valence-corrected chi connectivity index (χ0v) is 12.9. The van der Waals surface area contributed by atoms with Crippen LogP contribution in [0.4, 0.5) is 5.82 Å². The molecule has 1 N–H and O–H groups in total. The molecule has 1 heterocycles. The topological polar surface area (TPSA) is 51.2 Å². The van der Waals surface area contributed by atoms with E-state index in [-0.39, 0.29) is 5.91 Å². The molecule has 1 aromatic carbocycles. The van der Waals surface area contributed by atoms with Gasteiger partial charge in [0.1, 0.15) is 11.6 Å². The highest BCUT2D eigenvalue weighted by Crippen LogP contribution is 2.22. The Morgan fingerprint density at radius 2 is 2.05 bits per heavy atom. The number of hydrogen-bond acceptors (Lipinski definition) is 3. The standard InChI is InChI=1S/C16H17ClN2O2/c1-10-6-7-18-15(8-10)19-16(20)12(3)21-13-4-5-14(17)11(2)9-13/h4-9,12H,1-3H3,(H,18,19,20)/t12-/m0/s1. The number of nitrogens with zero attached hydrogens (tertiary/aromatic N) is 1. The predicted molar refractivity (Wildman–Crippen MR) is 83.9 cm³/mol. The Kier molecular flexibility index (Phi) is 4.81. The second kappa shape index (κ2) is 6.59. The molecule has 0 radical (unpaired) electrons. The van der Waals surface area contributed by atoms with Crippen molar-refractivity contribution in [2.24, 2.45) is 0 Å². The largest absolute Gasteiger partial charge is 0.481 e. The number of anilines is 1. The van der Waals surface area contributed by atoms with Crippen LogP contribution >= 0.6 is 11.6 Å². The first kappa shape index (κ1) is 15.3. The fourth-order valence-corrected chi connectivity index (χ4v) is 1.90. The number of rotatable bonds is 4. The quantitative estimate of drug-likeness (QED) is 0.935. The summed E-state index contributed by atoms with van der Waals surface area (Å²) in [5, 5.41) is 3.40. The van der Waals surface area contributed by atoms with E-state index in [9.17, 15) is 4.79 Å². The summed E-state index contributed by atoms with van der Waals surface area (Å²) < 4.78 is 5.62. The molecule has 2 rings (SSSR count). The van der Waals surface area contributed by atoms with Crippen LogP contribution in [0, 0.1) is 13.8 Å². The van der Waals surface area contributed by atoms with Crippen molar-refractivity contribution in [2.45, 2.75) is 26.9 Å². The van der Waals surface area contributed by atoms with Gasteiger partial charge in [-0.2, -0.15) is 0 Å². The van der Waals surface area contributed by atoms with Crippen molar-refractivity contribution in [1.29, 1.82) is 0 Å². The first-order valence-electron chi connectivity index (χ1n) is 6.62. The number of carbonyl (C=O) groups is 1. The fraction of sp³-hybridized carbons (Fsp3) is 0.250. The Morgan fingerprint density at radius 3 is 2.71 bits per heavy atom. The van der Waals surface area contributed by atoms with Gasteiger partial charge in [0.2, 0.25) is 0 Å². The minimum atomic E-state index is -0.632. The smallest absolute Gasteiger partial charge is 0.266 e. The van der Waals surface area contributed by atoms with Crippen LogP contribution in [0.15, 0.2) is 36.5 Å². The Balaban J connectivity index is 2.00. The molecule has 0 saturated heterocycles. The number of hydrogen-bond donors (Lipinski definition) is 1. The highest BCUT2D eigenvalue weighted by Gasteiger charge is 2.15. The van der Waals surface area contributed by atoms with Gasteiger partial charge in [-0.25, -0.2) is 4.98 Å². The molecule has 21 heavy (non-hydrogen) atoms. The van der Waals surface area contributed by atoms with Crippen molar-refractivity contribution < 1.29 is 9.53 Å². The zero-order valence-electron chi connectivity index (χ0n) is 12.2. The lowest BCUT2D eigenvalue weighted by Gasteiger charge is -2.15. The van der Waals surface area contributed by atoms with Crippen molar-refractivity contribution >= 4 is 23.3 Å². The summed E-state index contributed by atoms with van der Waals surface area (Å²) in [6.45, 7) is 5.51. The summed E-state index contributed by atoms with van der Waals surface area (Å²) in [5.74, 6) is 0.875. The molecule has 0 fully saturated rings. The average Bonchev–Trinajstić information content (AvgIpc) is 2.43. The normalized spacial score (nSPS) is 11.8. The average molecular weight is 305 g/mol. The van der Waals surface area contributed by atoms with E-state index in [4.69, 9.17) is 16.3 Å². The van der Waals surface area contributed by atoms with E-state index >= 15 is 0 Å². The lowest BCUT2D eigenvalue weighted by molar-refractivity contribution is -0.122. The SMILES string of the molecule is Cc1ccnc(NC(=O)[C@H](C)Oc2ccc(Cl)c(C)c2)c1. The van der Waals surface area contributed by atoms with Crippen LogP contribution in [-0.4, -0.2) is 17.0 Å². The third-order valence-electron chi connectivity index (χ3n) is 2.98. The molecule has 0 saturated carbocycles. The van der Waals surface area contributed by atoms with E-state index in [1.807, 2.05) is 19.9 Å². The number of aryl methyl sites for hydroxylation is 2. The number of halogens is 1. The zero-order chi connectivity index (χ0) is 15.4. The van der Waals surface area contributed by atoms with Gasteiger partial charge < -0.3 is 10.1 Å². The number of carbonyl (C=O) groups excluding carboxylic acids is 1. The lowest BCUT2D eigenvalue weighted by atomic mass is 10.2. The number of ether oxygens (including phenoxy) is 1. The molecule has 0 aliphatic carbocycles. The highest BCUT2D eigenvalue weighted by atomic mass is 35.5. The Hall–Kier alpha value is -2.07. The van der Waals surface area contributed by atoms with E-state index < -0.39 is 6.10 Å². The second-order valence-electron chi connectivity index (χ2n) is 4.88. The molecular weight excluding hydrogens is 288 g/mol. The van der Waals surface area contributed by atoms with E-state index in [0.29, 0.717) is 16.6 Å². The van der Waals surface area contributed by atoms with Crippen LogP contribution in [0.2, 0.25) is 5.02 Å². The molecule has 5 heteroatoms. The number of amides is 1.